The molecule has 0 saturated carbocycles. The van der Waals surface area contributed by atoms with Gasteiger partial charge in [0.1, 0.15) is 0 Å². The van der Waals surface area contributed by atoms with Crippen molar-refractivity contribution in [2.45, 2.75) is 19.8 Å². The summed E-state index contributed by atoms with van der Waals surface area (Å²) in [5, 5.41) is 2.81. The van der Waals surface area contributed by atoms with Gasteiger partial charge in [-0.3, -0.25) is 19.3 Å². The third-order valence-corrected chi connectivity index (χ3v) is 8.93. The first-order chi connectivity index (χ1) is 53.5. The molecule has 1 N–H and O–H groups in total. The van der Waals surface area contributed by atoms with Crippen molar-refractivity contribution in [3.05, 3.63) is 48.0 Å². The molecule has 0 spiro atoms. The van der Waals surface area contributed by atoms with Crippen LogP contribution in [0.25, 0.3) is 0 Å². The third-order valence-electron chi connectivity index (χ3n) is 8.93. The van der Waals surface area contributed by atoms with Crippen molar-refractivity contribution in [3.63, 3.8) is 0 Å². The molecule has 0 aromatic heterocycles. The van der Waals surface area contributed by atoms with Gasteiger partial charge in [-0.2, -0.15) is 0 Å². The monoisotopic (exact) mass is 1330 g/mol. The number of nitrogens with zero attached hydrogens (tertiary/aromatic N) is 1. The van der Waals surface area contributed by atoms with Gasteiger partial charge in [-0.1, -0.05) is 37.3 Å². The van der Waals surface area contributed by atoms with Crippen molar-refractivity contribution >= 4 is 17.7 Å². The summed E-state index contributed by atoms with van der Waals surface area (Å²) in [6, 6.07) is 9.87. The van der Waals surface area contributed by atoms with E-state index in [-0.39, 0.29) is 36.7 Å². The number of hydrogen-bond acceptors (Lipinski definition) is 3. The molecule has 0 saturated heterocycles. The van der Waals surface area contributed by atoms with Crippen molar-refractivity contribution in [1.82, 2.24) is 10.2 Å². The largest absolute Gasteiger partial charge is 0.354 e. The lowest BCUT2D eigenvalue weighted by Crippen LogP contribution is -2.40. The van der Waals surface area contributed by atoms with E-state index in [1.165, 1.54) is 12.2 Å². The van der Waals surface area contributed by atoms with Crippen LogP contribution in [0.4, 0.5) is 0 Å². The first kappa shape index (κ1) is 84.7. The summed E-state index contributed by atoms with van der Waals surface area (Å²) in [5.41, 5.74) is 1.12. The van der Waals surface area contributed by atoms with E-state index >= 15 is 0 Å². The minimum Gasteiger partial charge on any atom is -0.354 e. The van der Waals surface area contributed by atoms with Gasteiger partial charge in [0.15, 0.2) is 0 Å². The highest BCUT2D eigenvalue weighted by Gasteiger charge is 2.23. The average molecular weight is 1340 g/mol. The first-order valence-electron chi connectivity index (χ1n) is 28.8. The molecule has 1 aliphatic rings. The highest BCUT2D eigenvalue weighted by Crippen LogP contribution is 2.12. The van der Waals surface area contributed by atoms with Crippen LogP contribution in [0.1, 0.15) is 18.9 Å². The minimum absolute atomic E-state index is 0.0431. The number of carbonyl (C=O) groups excluding carboxylic acids is 3. The smallest absolute Gasteiger partial charge is 0.253 e. The van der Waals surface area contributed by atoms with Crippen molar-refractivity contribution in [2.75, 3.05) is 13.1 Å². The second-order valence-corrected chi connectivity index (χ2v) is 15.8. The maximum absolute atomic E-state index is 12.2. The average Bonchev–Trinajstić information content (AvgIpc) is 1.70. The summed E-state index contributed by atoms with van der Waals surface area (Å²) in [4.78, 5) is 36.1. The maximum Gasteiger partial charge on any atom is 0.253 e. The fourth-order valence-corrected chi connectivity index (χ4v) is 4.98. The van der Waals surface area contributed by atoms with Gasteiger partial charge in [0, 0.05) is 434 Å². The highest BCUT2D eigenvalue weighted by atomic mass is 16.2. The second-order valence-electron chi connectivity index (χ2n) is 15.8. The highest BCUT2D eigenvalue weighted by molar-refractivity contribution is 6.12. The van der Waals surface area contributed by atoms with E-state index in [0.717, 1.165) is 16.9 Å². The Balaban J connectivity index is 0.00000223. The molecule has 2 rings (SSSR count). The SMILES string of the molecule is C#CC#CC#CC#CC#CC#CC#CC#CC#CC#CC#CC#CC#CC#CC#CC#CC#CC#CC#CC#CC#CC#CC#CC#CC#CC#CC#CC#CC#CC#CC#CC#CC#CC#CC#CC#CC#CC#CC#CC#CC#CC#CC#C.CC[C@@H](Cc1ccccc1)C(=O)NCCN1C(=O)C=CC1=O. The van der Waals surface area contributed by atoms with Gasteiger partial charge in [-0.15, -0.1) is 12.8 Å². The van der Waals surface area contributed by atoms with Crippen molar-refractivity contribution in [2.24, 2.45) is 5.92 Å². The zero-order valence-corrected chi connectivity index (χ0v) is 55.8. The van der Waals surface area contributed by atoms with Crippen molar-refractivity contribution in [1.29, 1.82) is 0 Å². The number of carbonyl (C=O) groups is 3. The molecule has 5 nitrogen and oxygen atoms in total. The molecular formula is C103H22N2O3. The molecule has 0 unspecified atom stereocenters. The third kappa shape index (κ3) is 60.9. The van der Waals surface area contributed by atoms with Gasteiger partial charge < -0.3 is 5.32 Å². The van der Waals surface area contributed by atoms with Crippen molar-refractivity contribution in [3.8, 4) is 510 Å². The zero-order valence-electron chi connectivity index (χ0n) is 55.8. The lowest BCUT2D eigenvalue weighted by Gasteiger charge is -2.17. The predicted octanol–water partition coefficient (Wildman–Crippen LogP) is 1.69. The van der Waals surface area contributed by atoms with E-state index in [1.54, 1.807) is 0 Å². The topological polar surface area (TPSA) is 66.5 Å². The van der Waals surface area contributed by atoms with E-state index < -0.39 is 0 Å². The number of terminal acetylenes is 2. The Morgan fingerprint density at radius 1 is 0.278 bits per heavy atom. The molecule has 3 amide bonds. The molecular weight excluding hydrogens is 1310 g/mol. The molecule has 5 heteroatoms. The standard InChI is InChI=1S/C86H2.C17H20N2O3/c1-3-5-7-9-11-13-15-17-19-21-23-25-27-29-31-33-35-37-39-41-43-45-47-49-51-53-55-57-59-61-63-65-67-69-71-73-75-77-79-81-83-85-86-84-82-80-78-76-74-72-70-68-66-64-62-60-58-56-54-52-50-48-46-44-42-40-38-36-34-32-30-28-26-24-22-20-18-16-14-12-10-8-6-4-2;1-2-14(12-13-6-4-3-5-7-13)17(22)18-10-11-19-15(20)8-9-16(19)21/h1-2H;3-9,14H,2,10-12H2,1H3,(H,18,22)/t;14-/m.0/s1. The molecule has 108 heavy (non-hydrogen) atoms. The Hall–Kier alpha value is -21.3. The molecule has 462 valence electrons. The summed E-state index contributed by atoms with van der Waals surface area (Å²) in [6.07, 6.45) is 13.8. The van der Waals surface area contributed by atoms with E-state index in [9.17, 15) is 14.4 Å². The first-order valence-corrected chi connectivity index (χ1v) is 28.8. The Morgan fingerprint density at radius 3 is 0.583 bits per heavy atom. The molecule has 1 aliphatic heterocycles. The Bertz CT molecular complexity index is 6590. The normalized spacial score (nSPS) is 6.23. The molecule has 1 atom stereocenters. The molecule has 0 bridgehead atoms. The summed E-state index contributed by atoms with van der Waals surface area (Å²) >= 11 is 0. The lowest BCUT2D eigenvalue weighted by molar-refractivity contribution is -0.137. The van der Waals surface area contributed by atoms with Crippen LogP contribution in [0.15, 0.2) is 42.5 Å². The van der Waals surface area contributed by atoms with Crippen LogP contribution in [0, 0.1) is 516 Å². The zero-order chi connectivity index (χ0) is 77.3. The lowest BCUT2D eigenvalue weighted by atomic mass is 9.96. The number of imide groups is 1. The number of rotatable bonds is 7. The van der Waals surface area contributed by atoms with E-state index in [1.807, 2.05) is 37.3 Å². The number of hydrogen-bond donors (Lipinski definition) is 1. The molecule has 1 heterocycles. The van der Waals surface area contributed by atoms with Gasteiger partial charge in [0.25, 0.3) is 11.8 Å². The van der Waals surface area contributed by atoms with E-state index in [0.29, 0.717) is 6.42 Å². The van der Waals surface area contributed by atoms with Gasteiger partial charge in [0.05, 0.1) is 0 Å². The van der Waals surface area contributed by atoms with Gasteiger partial charge in [-0.05, 0) is 113 Å². The summed E-state index contributed by atoms with van der Waals surface area (Å²) in [5.74, 6) is 207. The van der Waals surface area contributed by atoms with Crippen LogP contribution in [0.2, 0.25) is 0 Å². The molecule has 1 aromatic rings. The van der Waals surface area contributed by atoms with E-state index in [4.69, 9.17) is 12.8 Å². The van der Waals surface area contributed by atoms with Gasteiger partial charge >= 0.3 is 0 Å². The Labute approximate surface area is 635 Å². The van der Waals surface area contributed by atoms with Crippen LogP contribution in [-0.2, 0) is 20.8 Å². The summed E-state index contributed by atoms with van der Waals surface area (Å²) in [7, 11) is 0. The van der Waals surface area contributed by atoms with Crippen LogP contribution in [-0.4, -0.2) is 35.7 Å². The summed E-state index contributed by atoms with van der Waals surface area (Å²) in [6.45, 7) is 2.46. The number of benzene rings is 1. The van der Waals surface area contributed by atoms with Crippen LogP contribution in [0.3, 0.4) is 0 Å². The maximum atomic E-state index is 12.2. The summed E-state index contributed by atoms with van der Waals surface area (Å²) < 4.78 is 0. The quantitative estimate of drug-likeness (QED) is 0.335. The number of amides is 3. The van der Waals surface area contributed by atoms with Crippen LogP contribution >= 0.6 is 0 Å². The second kappa shape index (κ2) is 71.5. The predicted molar refractivity (Wildman–Crippen MR) is 419 cm³/mol. The molecule has 1 aromatic carbocycles. The van der Waals surface area contributed by atoms with Crippen LogP contribution in [0.5, 0.6) is 0 Å². The van der Waals surface area contributed by atoms with E-state index in [2.05, 4.69) is 503 Å². The Morgan fingerprint density at radius 2 is 0.435 bits per heavy atom. The molecule has 0 fully saturated rings. The van der Waals surface area contributed by atoms with Gasteiger partial charge in [0.2, 0.25) is 5.91 Å². The van der Waals surface area contributed by atoms with Crippen LogP contribution < -0.4 is 5.32 Å². The Kier molecular flexibility index (Phi) is 56.0. The molecule has 0 radical (unpaired) electrons. The molecule has 0 aliphatic carbocycles. The fourth-order valence-electron chi connectivity index (χ4n) is 4.98. The van der Waals surface area contributed by atoms with Crippen molar-refractivity contribution < 1.29 is 14.4 Å². The fraction of sp³-hybridized carbons (Fsp3) is 0.0583. The van der Waals surface area contributed by atoms with Gasteiger partial charge in [-0.25, -0.2) is 0 Å². The minimum atomic E-state index is -0.324. The number of nitrogens with one attached hydrogen (secondary N) is 1.